The van der Waals surface area contributed by atoms with E-state index in [0.29, 0.717) is 11.1 Å². The summed E-state index contributed by atoms with van der Waals surface area (Å²) in [5.74, 6) is -3.96. The molecule has 1 amide bonds. The van der Waals surface area contributed by atoms with Gasteiger partial charge in [0.05, 0.1) is 17.4 Å². The van der Waals surface area contributed by atoms with E-state index in [0.717, 1.165) is 16.6 Å². The van der Waals surface area contributed by atoms with Crippen LogP contribution in [0.2, 0.25) is 0 Å². The molecule has 0 heterocycles. The highest BCUT2D eigenvalue weighted by molar-refractivity contribution is 9.10. The number of carbonyl (C=O) groups is 1. The largest absolute Gasteiger partial charge is 0.341 e. The van der Waals surface area contributed by atoms with Gasteiger partial charge in [0, 0.05) is 4.47 Å². The highest BCUT2D eigenvalue weighted by Gasteiger charge is 2.26. The number of nitriles is 1. The first-order chi connectivity index (χ1) is 12.2. The van der Waals surface area contributed by atoms with Gasteiger partial charge in [0.15, 0.2) is 0 Å². The van der Waals surface area contributed by atoms with Gasteiger partial charge in [-0.2, -0.15) is 14.0 Å². The van der Waals surface area contributed by atoms with Crippen LogP contribution in [0.5, 0.6) is 0 Å². The fourth-order valence-electron chi connectivity index (χ4n) is 2.17. The Balaban J connectivity index is 2.07. The van der Waals surface area contributed by atoms with E-state index in [1.807, 2.05) is 6.07 Å². The lowest BCUT2D eigenvalue weighted by Gasteiger charge is -2.12. The molecule has 0 aromatic heterocycles. The third kappa shape index (κ3) is 4.86. The Morgan fingerprint density at radius 1 is 1.19 bits per heavy atom. The summed E-state index contributed by atoms with van der Waals surface area (Å²) in [6.07, 6.45) is -0.124. The van der Waals surface area contributed by atoms with Gasteiger partial charge < -0.3 is 5.32 Å². The monoisotopic (exact) mass is 442 g/mol. The molecule has 0 aliphatic heterocycles. The summed E-state index contributed by atoms with van der Waals surface area (Å²) in [4.78, 5) is 11.6. The van der Waals surface area contributed by atoms with Crippen molar-refractivity contribution in [2.45, 2.75) is 23.1 Å². The van der Waals surface area contributed by atoms with E-state index in [1.165, 1.54) is 12.1 Å². The quantitative estimate of drug-likeness (QED) is 0.742. The van der Waals surface area contributed by atoms with E-state index in [2.05, 4.69) is 21.2 Å². The molecule has 1 N–H and O–H groups in total. The molecule has 0 unspecified atom stereocenters. The van der Waals surface area contributed by atoms with Crippen LogP contribution >= 0.6 is 15.9 Å². The Morgan fingerprint density at radius 3 is 2.38 bits per heavy atom. The molecule has 0 bridgehead atoms. The lowest BCUT2D eigenvalue weighted by atomic mass is 10.1. The van der Waals surface area contributed by atoms with Crippen molar-refractivity contribution >= 4 is 31.7 Å². The number of carbonyl (C=O) groups excluding carboxylic acids is 1. The van der Waals surface area contributed by atoms with Gasteiger partial charge in [-0.3, -0.25) is 4.79 Å². The Morgan fingerprint density at radius 2 is 1.85 bits per heavy atom. The van der Waals surface area contributed by atoms with E-state index in [-0.39, 0.29) is 6.42 Å². The zero-order valence-corrected chi connectivity index (χ0v) is 15.6. The normalized spacial score (nSPS) is 12.4. The van der Waals surface area contributed by atoms with Crippen molar-refractivity contribution in [1.82, 2.24) is 5.32 Å². The lowest BCUT2D eigenvalue weighted by molar-refractivity contribution is -0.120. The molecule has 5 nitrogen and oxygen atoms in total. The summed E-state index contributed by atoms with van der Waals surface area (Å²) in [5, 5.41) is 11.8. The molecule has 2 rings (SSSR count). The maximum absolute atomic E-state index is 12.5. The van der Waals surface area contributed by atoms with Crippen LogP contribution in [-0.2, 0) is 21.1 Å². The predicted octanol–water partition coefficient (Wildman–Crippen LogP) is 3.37. The average molecular weight is 443 g/mol. The molecular formula is C17H13BrF2N2O3S. The molecule has 136 valence electrons. The molecule has 0 saturated heterocycles. The zero-order valence-electron chi connectivity index (χ0n) is 13.2. The summed E-state index contributed by atoms with van der Waals surface area (Å²) < 4.78 is 48.5. The van der Waals surface area contributed by atoms with Crippen LogP contribution in [0.3, 0.4) is 0 Å². The summed E-state index contributed by atoms with van der Waals surface area (Å²) >= 11 is 3.29. The minimum Gasteiger partial charge on any atom is -0.336 e. The van der Waals surface area contributed by atoms with Crippen LogP contribution in [0.25, 0.3) is 0 Å². The van der Waals surface area contributed by atoms with Crippen LogP contribution in [0.1, 0.15) is 17.2 Å². The molecule has 1 atom stereocenters. The van der Waals surface area contributed by atoms with Crippen molar-refractivity contribution in [1.29, 1.82) is 5.26 Å². The topological polar surface area (TPSA) is 87.0 Å². The van der Waals surface area contributed by atoms with Crippen LogP contribution in [0.15, 0.2) is 57.9 Å². The number of benzene rings is 2. The van der Waals surface area contributed by atoms with Gasteiger partial charge in [-0.15, -0.1) is 0 Å². The number of hydrogen-bond acceptors (Lipinski definition) is 4. The molecule has 2 aromatic rings. The standard InChI is InChI=1S/C17H13BrF2N2O3S/c18-13-3-1-2-12(9-13)15(10-21)22-16(23)8-11-4-6-14(7-5-11)26(24,25)17(19)20/h1-7,9,15,17H,8H2,(H,22,23)/t15-/m1/s1. The maximum Gasteiger partial charge on any atom is 0.341 e. The van der Waals surface area contributed by atoms with Crippen molar-refractivity contribution in [3.05, 3.63) is 64.1 Å². The second kappa shape index (κ2) is 8.38. The molecule has 9 heteroatoms. The molecule has 0 fully saturated rings. The fraction of sp³-hybridized carbons (Fsp3) is 0.176. The lowest BCUT2D eigenvalue weighted by Crippen LogP contribution is -2.29. The second-order valence-corrected chi connectivity index (χ2v) is 8.14. The first kappa shape index (κ1) is 20.0. The van der Waals surface area contributed by atoms with Crippen molar-refractivity contribution in [2.75, 3.05) is 0 Å². The van der Waals surface area contributed by atoms with Gasteiger partial charge in [0.25, 0.3) is 0 Å². The van der Waals surface area contributed by atoms with Crippen molar-refractivity contribution in [2.24, 2.45) is 0 Å². The molecule has 2 aromatic carbocycles. The Kier molecular flexibility index (Phi) is 6.45. The molecule has 0 saturated carbocycles. The summed E-state index contributed by atoms with van der Waals surface area (Å²) in [6.45, 7) is 0. The highest BCUT2D eigenvalue weighted by Crippen LogP contribution is 2.20. The number of amides is 1. The average Bonchev–Trinajstić information content (AvgIpc) is 2.60. The van der Waals surface area contributed by atoms with E-state index in [9.17, 15) is 27.3 Å². The number of rotatable bonds is 6. The van der Waals surface area contributed by atoms with E-state index < -0.39 is 32.4 Å². The van der Waals surface area contributed by atoms with Gasteiger partial charge in [0.2, 0.25) is 15.7 Å². The molecule has 0 spiro atoms. The van der Waals surface area contributed by atoms with Crippen LogP contribution in [-0.4, -0.2) is 20.1 Å². The first-order valence-corrected chi connectivity index (χ1v) is 9.63. The van der Waals surface area contributed by atoms with Gasteiger partial charge in [0.1, 0.15) is 6.04 Å². The highest BCUT2D eigenvalue weighted by atomic mass is 79.9. The van der Waals surface area contributed by atoms with E-state index in [1.54, 1.807) is 24.3 Å². The maximum atomic E-state index is 12.5. The zero-order chi connectivity index (χ0) is 19.3. The van der Waals surface area contributed by atoms with Crippen molar-refractivity contribution in [3.8, 4) is 6.07 Å². The predicted molar refractivity (Wildman–Crippen MR) is 94.0 cm³/mol. The summed E-state index contributed by atoms with van der Waals surface area (Å²) in [6, 6.07) is 12.7. The van der Waals surface area contributed by atoms with Gasteiger partial charge in [-0.1, -0.05) is 40.2 Å². The third-order valence-electron chi connectivity index (χ3n) is 3.47. The first-order valence-electron chi connectivity index (χ1n) is 7.29. The minimum atomic E-state index is -4.67. The Bertz CT molecular complexity index is 941. The Labute approximate surface area is 157 Å². The number of alkyl halides is 2. The third-order valence-corrected chi connectivity index (χ3v) is 5.36. The fourth-order valence-corrected chi connectivity index (χ4v) is 3.31. The number of nitrogens with one attached hydrogen (secondary N) is 1. The Hall–Kier alpha value is -2.31. The second-order valence-electron chi connectivity index (χ2n) is 5.31. The molecule has 26 heavy (non-hydrogen) atoms. The van der Waals surface area contributed by atoms with Gasteiger partial charge in [-0.25, -0.2) is 8.42 Å². The minimum absolute atomic E-state index is 0.124. The number of sulfone groups is 1. The number of nitrogens with zero attached hydrogens (tertiary/aromatic N) is 1. The smallest absolute Gasteiger partial charge is 0.336 e. The summed E-state index contributed by atoms with van der Waals surface area (Å²) in [7, 11) is -4.67. The van der Waals surface area contributed by atoms with Crippen molar-refractivity contribution in [3.63, 3.8) is 0 Å². The van der Waals surface area contributed by atoms with E-state index in [4.69, 9.17) is 0 Å². The van der Waals surface area contributed by atoms with Crippen LogP contribution in [0.4, 0.5) is 8.78 Å². The molecule has 0 radical (unpaired) electrons. The SMILES string of the molecule is N#C[C@@H](NC(=O)Cc1ccc(S(=O)(=O)C(F)F)cc1)c1cccc(Br)c1. The summed E-state index contributed by atoms with van der Waals surface area (Å²) in [5.41, 5.74) is 1.04. The van der Waals surface area contributed by atoms with Gasteiger partial charge >= 0.3 is 5.76 Å². The molecule has 0 aliphatic carbocycles. The van der Waals surface area contributed by atoms with E-state index >= 15 is 0 Å². The number of hydrogen-bond donors (Lipinski definition) is 1. The van der Waals surface area contributed by atoms with Crippen LogP contribution < -0.4 is 5.32 Å². The van der Waals surface area contributed by atoms with Crippen molar-refractivity contribution < 1.29 is 22.0 Å². The molecular weight excluding hydrogens is 430 g/mol. The number of halogens is 3. The molecule has 0 aliphatic rings. The van der Waals surface area contributed by atoms with Gasteiger partial charge in [-0.05, 0) is 35.4 Å². The van der Waals surface area contributed by atoms with Crippen LogP contribution in [0, 0.1) is 11.3 Å².